The molecule has 0 atom stereocenters. The molecule has 0 bridgehead atoms. The largest absolute Gasteiger partial charge is 1.00 e. The second-order valence-electron chi connectivity index (χ2n) is 7.64. The van der Waals surface area contributed by atoms with Crippen molar-refractivity contribution >= 4 is 68.3 Å². The molecule has 0 amide bonds. The zero-order valence-electron chi connectivity index (χ0n) is 22.7. The van der Waals surface area contributed by atoms with Crippen molar-refractivity contribution in [1.29, 1.82) is 0 Å². The van der Waals surface area contributed by atoms with Crippen LogP contribution in [-0.2, 0) is 44.7 Å². The Morgan fingerprint density at radius 1 is 0.814 bits per heavy atom. The van der Waals surface area contributed by atoms with E-state index in [2.05, 4.69) is 14.4 Å². The third-order valence-corrected chi connectivity index (χ3v) is 8.95. The number of anilines is 1. The molecular formula is C19H16N3Na3O14S4. The number of methoxy groups -OCH3 is 1. The first-order chi connectivity index (χ1) is 18.3. The first-order valence-electron chi connectivity index (χ1n) is 10.2. The molecule has 0 aliphatic rings. The van der Waals surface area contributed by atoms with Gasteiger partial charge in [0.25, 0.3) is 0 Å². The smallest absolute Gasteiger partial charge is 0.871 e. The average molecular weight is 708 g/mol. The topological polar surface area (TPSA) is 295 Å². The Labute approximate surface area is 312 Å². The predicted molar refractivity (Wildman–Crippen MR) is 130 cm³/mol. The van der Waals surface area contributed by atoms with Gasteiger partial charge in [0.15, 0.2) is 9.84 Å². The van der Waals surface area contributed by atoms with E-state index in [1.807, 2.05) is 0 Å². The molecule has 0 radical (unpaired) electrons. The Kier molecular flexibility index (Phi) is 15.7. The molecule has 3 aromatic carbocycles. The van der Waals surface area contributed by atoms with Crippen molar-refractivity contribution in [3.05, 3.63) is 36.4 Å². The molecule has 218 valence electrons. The van der Waals surface area contributed by atoms with Gasteiger partial charge in [-0.25, -0.2) is 29.4 Å². The molecule has 0 saturated carbocycles. The molecule has 24 heteroatoms. The predicted octanol–water partition coefficient (Wildman–Crippen LogP) is -8.67. The molecule has 0 heterocycles. The van der Waals surface area contributed by atoms with Crippen LogP contribution in [-0.4, -0.2) is 66.8 Å². The summed E-state index contributed by atoms with van der Waals surface area (Å²) in [6.07, 6.45) is 0. The van der Waals surface area contributed by atoms with Gasteiger partial charge in [0.05, 0.1) is 40.6 Å². The van der Waals surface area contributed by atoms with Crippen LogP contribution in [0.5, 0.6) is 11.5 Å². The molecule has 3 rings (SSSR count). The molecule has 43 heavy (non-hydrogen) atoms. The summed E-state index contributed by atoms with van der Waals surface area (Å²) in [5.74, 6) is -2.53. The van der Waals surface area contributed by atoms with Crippen LogP contribution in [0.3, 0.4) is 0 Å². The van der Waals surface area contributed by atoms with Crippen LogP contribution >= 0.6 is 0 Å². The summed E-state index contributed by atoms with van der Waals surface area (Å²) in [7, 11) is -19.0. The fraction of sp³-hybridized carbons (Fsp3) is 0.158. The summed E-state index contributed by atoms with van der Waals surface area (Å²) in [5, 5.41) is 18.4. The summed E-state index contributed by atoms with van der Waals surface area (Å²) in [5.41, 5.74) is 4.03. The number of nitrogens with two attached hydrogens (primary N) is 1. The fourth-order valence-electron chi connectivity index (χ4n) is 3.43. The van der Waals surface area contributed by atoms with Gasteiger partial charge < -0.3 is 24.7 Å². The Balaban J connectivity index is 0.00000588. The first-order valence-corrected chi connectivity index (χ1v) is 16.0. The Morgan fingerprint density at radius 3 is 1.91 bits per heavy atom. The maximum Gasteiger partial charge on any atom is 1.00 e. The zero-order valence-corrected chi connectivity index (χ0v) is 32.0. The van der Waals surface area contributed by atoms with Crippen LogP contribution < -0.4 is 104 Å². The van der Waals surface area contributed by atoms with Crippen molar-refractivity contribution in [1.82, 2.24) is 0 Å². The van der Waals surface area contributed by atoms with Crippen LogP contribution in [0, 0.1) is 0 Å². The summed E-state index contributed by atoms with van der Waals surface area (Å²) in [4.78, 5) is -2.90. The van der Waals surface area contributed by atoms with E-state index in [-0.39, 0.29) is 100 Å². The van der Waals surface area contributed by atoms with Gasteiger partial charge in [-0.3, -0.25) is 4.55 Å². The minimum atomic E-state index is -5.41. The van der Waals surface area contributed by atoms with E-state index in [9.17, 15) is 47.9 Å². The van der Waals surface area contributed by atoms with Gasteiger partial charge in [-0.15, -0.1) is 0 Å². The van der Waals surface area contributed by atoms with Crippen LogP contribution in [0.15, 0.2) is 61.3 Å². The number of azo groups is 1. The molecule has 0 aromatic heterocycles. The SMILES string of the molecule is COc1ccc(N=Nc2c([O-])cc(S(=O)(=O)[O-])c3c(N)ccc(S(=O)(=O)[O-])c23)cc1S(=O)(=O)CCOS(=O)(=O)O.[Na+].[Na+].[Na+]. The summed E-state index contributed by atoms with van der Waals surface area (Å²) >= 11 is 0. The normalized spacial score (nSPS) is 12.3. The molecule has 3 aromatic rings. The van der Waals surface area contributed by atoms with Crippen LogP contribution in [0.25, 0.3) is 10.8 Å². The van der Waals surface area contributed by atoms with E-state index in [0.29, 0.717) is 12.1 Å². The monoisotopic (exact) mass is 707 g/mol. The molecule has 0 spiro atoms. The second kappa shape index (κ2) is 15.9. The number of fused-ring (bicyclic) bond motifs is 1. The van der Waals surface area contributed by atoms with Crippen molar-refractivity contribution in [3.8, 4) is 11.5 Å². The first kappa shape index (κ1) is 42.6. The fourth-order valence-corrected chi connectivity index (χ4v) is 6.51. The molecule has 17 nitrogen and oxygen atoms in total. The van der Waals surface area contributed by atoms with Crippen molar-refractivity contribution < 1.29 is 150 Å². The molecule has 0 unspecified atom stereocenters. The van der Waals surface area contributed by atoms with Gasteiger partial charge in [-0.1, -0.05) is 5.75 Å². The summed E-state index contributed by atoms with van der Waals surface area (Å²) in [6, 6.07) is 4.92. The molecule has 0 aliphatic heterocycles. The Morgan fingerprint density at radius 2 is 1.40 bits per heavy atom. The van der Waals surface area contributed by atoms with Crippen molar-refractivity contribution in [2.45, 2.75) is 14.7 Å². The number of sulfone groups is 1. The van der Waals surface area contributed by atoms with E-state index in [1.54, 1.807) is 0 Å². The second-order valence-corrected chi connectivity index (χ2v) is 13.5. The van der Waals surface area contributed by atoms with E-state index in [1.165, 1.54) is 0 Å². The van der Waals surface area contributed by atoms with Gasteiger partial charge in [0.2, 0.25) is 0 Å². The van der Waals surface area contributed by atoms with E-state index in [4.69, 9.17) is 15.0 Å². The van der Waals surface area contributed by atoms with Gasteiger partial charge in [-0.2, -0.15) is 18.6 Å². The number of nitrogen functional groups attached to an aromatic ring is 1. The minimum absolute atomic E-state index is 0. The van der Waals surface area contributed by atoms with Crippen molar-refractivity contribution in [3.63, 3.8) is 0 Å². The molecular weight excluding hydrogens is 691 g/mol. The van der Waals surface area contributed by atoms with Gasteiger partial charge >= 0.3 is 99.1 Å². The van der Waals surface area contributed by atoms with Crippen molar-refractivity contribution in [2.75, 3.05) is 25.2 Å². The quantitative estimate of drug-likeness (QED) is 0.0856. The van der Waals surface area contributed by atoms with E-state index < -0.39 is 95.4 Å². The van der Waals surface area contributed by atoms with Crippen LogP contribution in [0.1, 0.15) is 0 Å². The number of hydrogen-bond donors (Lipinski definition) is 2. The Bertz CT molecular complexity index is 1990. The number of rotatable bonds is 10. The van der Waals surface area contributed by atoms with Gasteiger partial charge in [0, 0.05) is 16.5 Å². The molecule has 0 fully saturated rings. The number of hydrogen-bond acceptors (Lipinski definition) is 16. The average Bonchev–Trinajstić information content (AvgIpc) is 2.80. The Hall–Kier alpha value is -0.440. The van der Waals surface area contributed by atoms with Crippen LogP contribution in [0.4, 0.5) is 17.1 Å². The molecule has 3 N–H and O–H groups in total. The number of ether oxygens (including phenoxy) is 1. The van der Waals surface area contributed by atoms with E-state index in [0.717, 1.165) is 31.4 Å². The maximum atomic E-state index is 12.7. The standard InChI is InChI=1S/C19H19N3O14S4.3Na/c1-35-13-4-2-10(8-15(13)37(24,25)7-6-36-40(32,33)34)21-22-19-12(23)9-16(39(29,30)31)17-11(20)3-5-14(18(17)19)38(26,27)28;;;/h2-5,8-9,23H,6-7,20H2,1H3,(H,26,27,28)(H,29,30,31)(H,32,33,34);;;/q;3*+1/p-3. The van der Waals surface area contributed by atoms with Gasteiger partial charge in [-0.05, 0) is 36.4 Å². The van der Waals surface area contributed by atoms with Crippen LogP contribution in [0.2, 0.25) is 0 Å². The summed E-state index contributed by atoms with van der Waals surface area (Å²) in [6.45, 7) is -0.968. The zero-order chi connectivity index (χ0) is 30.3. The minimum Gasteiger partial charge on any atom is -0.871 e. The number of benzene rings is 3. The third-order valence-electron chi connectivity index (χ3n) is 5.05. The molecule has 0 saturated heterocycles. The third kappa shape index (κ3) is 10.5. The number of nitrogens with zero attached hydrogens (tertiary/aromatic N) is 2. The molecule has 0 aliphatic carbocycles. The summed E-state index contributed by atoms with van der Waals surface area (Å²) < 4.78 is 135. The van der Waals surface area contributed by atoms with Gasteiger partial charge in [0.1, 0.15) is 30.9 Å². The van der Waals surface area contributed by atoms with Crippen molar-refractivity contribution in [2.24, 2.45) is 10.2 Å². The maximum absolute atomic E-state index is 12.7. The van der Waals surface area contributed by atoms with E-state index >= 15 is 0 Å².